The molecule has 2 unspecified atom stereocenters. The van der Waals surface area contributed by atoms with Gasteiger partial charge in [-0.3, -0.25) is 18.6 Å². The highest BCUT2D eigenvalue weighted by Crippen LogP contribution is 2.43. The lowest BCUT2D eigenvalue weighted by Crippen LogP contribution is -2.29. The molecule has 10 heteroatoms. The fraction of sp³-hybridized carbons (Fsp3) is 0.514. The zero-order chi connectivity index (χ0) is 34.7. The molecule has 0 radical (unpaired) electrons. The normalized spacial score (nSPS) is 14.7. The Kier molecular flexibility index (Phi) is 30.7. The van der Waals surface area contributed by atoms with E-state index in [0.717, 1.165) is 51.4 Å². The highest BCUT2D eigenvalue weighted by molar-refractivity contribution is 7.47. The number of phosphoric ester groups is 1. The van der Waals surface area contributed by atoms with Crippen LogP contribution in [-0.2, 0) is 32.7 Å². The Morgan fingerprint density at radius 1 is 0.617 bits per heavy atom. The summed E-state index contributed by atoms with van der Waals surface area (Å²) in [4.78, 5) is 34.5. The van der Waals surface area contributed by atoms with Gasteiger partial charge in [0.05, 0.1) is 13.2 Å². The Labute approximate surface area is 283 Å². The van der Waals surface area contributed by atoms with E-state index in [1.54, 1.807) is 0 Å². The van der Waals surface area contributed by atoms with Gasteiger partial charge in [0.2, 0.25) is 0 Å². The van der Waals surface area contributed by atoms with Crippen molar-refractivity contribution in [3.8, 4) is 0 Å². The van der Waals surface area contributed by atoms with Crippen LogP contribution in [0.25, 0.3) is 0 Å². The number of phosphoric acid groups is 1. The van der Waals surface area contributed by atoms with Gasteiger partial charge in [0, 0.05) is 19.4 Å². The third-order valence-electron chi connectivity index (χ3n) is 5.99. The third kappa shape index (κ3) is 32.7. The van der Waals surface area contributed by atoms with E-state index < -0.39 is 32.5 Å². The average Bonchev–Trinajstić information content (AvgIpc) is 3.05. The van der Waals surface area contributed by atoms with Crippen molar-refractivity contribution in [1.29, 1.82) is 0 Å². The Balaban J connectivity index is 4.55. The summed E-state index contributed by atoms with van der Waals surface area (Å²) in [6, 6.07) is 0. The van der Waals surface area contributed by atoms with Crippen LogP contribution >= 0.6 is 7.82 Å². The van der Waals surface area contributed by atoms with Crippen LogP contribution in [0.15, 0.2) is 97.2 Å². The predicted octanol–water partition coefficient (Wildman–Crippen LogP) is 8.70. The first-order valence-corrected chi connectivity index (χ1v) is 18.2. The molecule has 0 heterocycles. The van der Waals surface area contributed by atoms with E-state index in [9.17, 15) is 19.0 Å². The summed E-state index contributed by atoms with van der Waals surface area (Å²) in [6.07, 6.45) is 40.5. The molecule has 0 aliphatic heterocycles. The zero-order valence-corrected chi connectivity index (χ0v) is 29.4. The Morgan fingerprint density at radius 3 is 1.45 bits per heavy atom. The molecule has 0 rings (SSSR count). The molecule has 9 nitrogen and oxygen atoms in total. The molecule has 0 saturated heterocycles. The minimum absolute atomic E-state index is 0.0283. The number of hydrogen-bond donors (Lipinski definition) is 2. The lowest BCUT2D eigenvalue weighted by Gasteiger charge is -2.19. The SMILES string of the molecule is CC/C=C\C/C=C\C/C=C\C/C=C\CCC(=O)OCC(COP(=O)(O)OCCN)OC(=O)CC/C=C\C/C=C\C/C=C\C/C=C\CC. The number of carbonyl (C=O) groups is 2. The maximum Gasteiger partial charge on any atom is 0.472 e. The summed E-state index contributed by atoms with van der Waals surface area (Å²) >= 11 is 0. The Morgan fingerprint density at radius 2 is 1.02 bits per heavy atom. The van der Waals surface area contributed by atoms with E-state index >= 15 is 0 Å². The number of allylic oxidation sites excluding steroid dienone is 16. The summed E-state index contributed by atoms with van der Waals surface area (Å²) in [5.74, 6) is -1.03. The summed E-state index contributed by atoms with van der Waals surface area (Å²) in [5, 5.41) is 0. The van der Waals surface area contributed by atoms with Crippen molar-refractivity contribution in [3.63, 3.8) is 0 Å². The minimum Gasteiger partial charge on any atom is -0.462 e. The molecule has 264 valence electrons. The van der Waals surface area contributed by atoms with E-state index in [2.05, 4.69) is 86.8 Å². The number of hydrogen-bond acceptors (Lipinski definition) is 8. The second kappa shape index (κ2) is 32.9. The molecule has 0 aromatic carbocycles. The highest BCUT2D eigenvalue weighted by atomic mass is 31.2. The first-order chi connectivity index (χ1) is 22.8. The average molecular weight is 676 g/mol. The van der Waals surface area contributed by atoms with Crippen LogP contribution in [0, 0.1) is 0 Å². The number of rotatable bonds is 29. The van der Waals surface area contributed by atoms with Crippen LogP contribution in [0.3, 0.4) is 0 Å². The maximum absolute atomic E-state index is 12.4. The van der Waals surface area contributed by atoms with Gasteiger partial charge in [-0.15, -0.1) is 0 Å². The molecule has 47 heavy (non-hydrogen) atoms. The maximum atomic E-state index is 12.4. The molecule has 0 spiro atoms. The quantitative estimate of drug-likeness (QED) is 0.0453. The van der Waals surface area contributed by atoms with Gasteiger partial charge >= 0.3 is 19.8 Å². The topological polar surface area (TPSA) is 134 Å². The Hall–Kier alpha value is -3.07. The monoisotopic (exact) mass is 675 g/mol. The summed E-state index contributed by atoms with van der Waals surface area (Å²) in [6.45, 7) is 3.27. The second-order valence-electron chi connectivity index (χ2n) is 10.3. The van der Waals surface area contributed by atoms with Crippen molar-refractivity contribution in [2.24, 2.45) is 5.73 Å². The number of esters is 2. The Bertz CT molecular complexity index is 1090. The number of ether oxygens (including phenoxy) is 2. The number of nitrogens with two attached hydrogens (primary N) is 1. The lowest BCUT2D eigenvalue weighted by molar-refractivity contribution is -0.161. The molecule has 2 atom stereocenters. The molecule has 0 bridgehead atoms. The van der Waals surface area contributed by atoms with Gasteiger partial charge in [-0.2, -0.15) is 0 Å². The molecule has 0 aliphatic carbocycles. The summed E-state index contributed by atoms with van der Waals surface area (Å²) < 4.78 is 32.3. The molecular weight excluding hydrogens is 617 g/mol. The zero-order valence-electron chi connectivity index (χ0n) is 28.5. The smallest absolute Gasteiger partial charge is 0.462 e. The van der Waals surface area contributed by atoms with Crippen LogP contribution < -0.4 is 5.73 Å². The first-order valence-electron chi connectivity index (χ1n) is 16.7. The van der Waals surface area contributed by atoms with Gasteiger partial charge in [0.15, 0.2) is 6.10 Å². The molecule has 0 fully saturated rings. The minimum atomic E-state index is -4.41. The third-order valence-corrected chi connectivity index (χ3v) is 6.98. The van der Waals surface area contributed by atoms with Crippen molar-refractivity contribution in [3.05, 3.63) is 97.2 Å². The second-order valence-corrected chi connectivity index (χ2v) is 11.7. The molecule has 0 aromatic heterocycles. The van der Waals surface area contributed by atoms with E-state index in [1.807, 2.05) is 24.3 Å². The van der Waals surface area contributed by atoms with Gasteiger partial charge in [0.1, 0.15) is 6.61 Å². The highest BCUT2D eigenvalue weighted by Gasteiger charge is 2.25. The largest absolute Gasteiger partial charge is 0.472 e. The van der Waals surface area contributed by atoms with Crippen LogP contribution in [-0.4, -0.2) is 49.3 Å². The van der Waals surface area contributed by atoms with Crippen LogP contribution in [0.4, 0.5) is 0 Å². The van der Waals surface area contributed by atoms with Crippen molar-refractivity contribution in [2.45, 2.75) is 97.0 Å². The molecule has 0 amide bonds. The van der Waals surface area contributed by atoms with E-state index in [4.69, 9.17) is 24.3 Å². The van der Waals surface area contributed by atoms with E-state index in [0.29, 0.717) is 12.8 Å². The lowest BCUT2D eigenvalue weighted by atomic mass is 10.2. The summed E-state index contributed by atoms with van der Waals surface area (Å²) in [5.41, 5.74) is 5.30. The molecular formula is C37H58NO8P. The predicted molar refractivity (Wildman–Crippen MR) is 191 cm³/mol. The molecule has 3 N–H and O–H groups in total. The fourth-order valence-electron chi connectivity index (χ4n) is 3.60. The first kappa shape index (κ1) is 43.9. The van der Waals surface area contributed by atoms with Gasteiger partial charge in [0.25, 0.3) is 0 Å². The van der Waals surface area contributed by atoms with Crippen molar-refractivity contribution in [1.82, 2.24) is 0 Å². The van der Waals surface area contributed by atoms with E-state index in [1.165, 1.54) is 0 Å². The van der Waals surface area contributed by atoms with Crippen molar-refractivity contribution < 1.29 is 37.6 Å². The standard InChI is InChI=1S/C37H58NO8P/c1-3-5-7-9-11-13-15-17-19-21-23-25-27-29-36(39)43-33-35(34-45-47(41,42)44-32-31-38)46-37(40)30-28-26-24-22-20-18-16-14-12-10-8-6-4-2/h5-8,11-14,17-20,23-26,35H,3-4,9-10,15-16,21-22,27-34,38H2,1-2H3,(H,41,42)/b7-5-,8-6-,13-11-,14-12-,19-17-,20-18-,25-23-,26-24-. The van der Waals surface area contributed by atoms with Gasteiger partial charge in [-0.1, -0.05) is 111 Å². The summed E-state index contributed by atoms with van der Waals surface area (Å²) in [7, 11) is -4.41. The van der Waals surface area contributed by atoms with Gasteiger partial charge in [-0.05, 0) is 64.2 Å². The van der Waals surface area contributed by atoms with Gasteiger partial charge < -0.3 is 20.1 Å². The van der Waals surface area contributed by atoms with Gasteiger partial charge in [-0.25, -0.2) is 4.57 Å². The van der Waals surface area contributed by atoms with E-state index in [-0.39, 0.29) is 32.6 Å². The molecule has 0 saturated carbocycles. The van der Waals surface area contributed by atoms with Crippen LogP contribution in [0.2, 0.25) is 0 Å². The molecule has 0 aliphatic rings. The molecule has 0 aromatic rings. The van der Waals surface area contributed by atoms with Crippen molar-refractivity contribution >= 4 is 19.8 Å². The van der Waals surface area contributed by atoms with Crippen LogP contribution in [0.5, 0.6) is 0 Å². The van der Waals surface area contributed by atoms with Crippen molar-refractivity contribution in [2.75, 3.05) is 26.4 Å². The van der Waals surface area contributed by atoms with Crippen LogP contribution in [0.1, 0.15) is 90.9 Å². The number of carbonyl (C=O) groups excluding carboxylic acids is 2. The fourth-order valence-corrected chi connectivity index (χ4v) is 4.36.